The van der Waals surface area contributed by atoms with E-state index >= 15 is 0 Å². The average molecular weight is 419 g/mol. The van der Waals surface area contributed by atoms with E-state index < -0.39 is 18.0 Å². The number of hydrogen-bond acceptors (Lipinski definition) is 5. The van der Waals surface area contributed by atoms with Crippen LogP contribution in [0, 0.1) is 5.92 Å². The summed E-state index contributed by atoms with van der Waals surface area (Å²) in [5.74, 6) is -0.803. The van der Waals surface area contributed by atoms with Gasteiger partial charge in [0.1, 0.15) is 6.61 Å². The lowest BCUT2D eigenvalue weighted by molar-refractivity contribution is -0.144. The van der Waals surface area contributed by atoms with E-state index in [9.17, 15) is 14.4 Å². The van der Waals surface area contributed by atoms with Crippen LogP contribution >= 0.6 is 11.6 Å². The van der Waals surface area contributed by atoms with E-state index in [-0.39, 0.29) is 42.8 Å². The monoisotopic (exact) mass is 418 g/mol. The summed E-state index contributed by atoms with van der Waals surface area (Å²) >= 11 is 5.95. The van der Waals surface area contributed by atoms with E-state index in [0.717, 1.165) is 12.8 Å². The number of carbonyl (C=O) groups excluding carboxylic acids is 3. The van der Waals surface area contributed by atoms with Crippen molar-refractivity contribution in [3.05, 3.63) is 58.3 Å². The highest BCUT2D eigenvalue weighted by Crippen LogP contribution is 2.29. The van der Waals surface area contributed by atoms with Crippen LogP contribution in [0.25, 0.3) is 0 Å². The molecule has 0 aromatic heterocycles. The van der Waals surface area contributed by atoms with Crippen molar-refractivity contribution in [3.8, 4) is 0 Å². The molecule has 154 valence electrons. The molecule has 7 nitrogen and oxygen atoms in total. The molecular formula is C21H23ClN2O5. The Morgan fingerprint density at radius 3 is 2.62 bits per heavy atom. The molecule has 1 aliphatic heterocycles. The highest BCUT2D eigenvalue weighted by Gasteiger charge is 2.34. The van der Waals surface area contributed by atoms with Gasteiger partial charge in [-0.05, 0) is 43.4 Å². The first-order valence-corrected chi connectivity index (χ1v) is 9.91. The van der Waals surface area contributed by atoms with Crippen molar-refractivity contribution >= 4 is 29.6 Å². The number of ether oxygens (including phenoxy) is 2. The van der Waals surface area contributed by atoms with Gasteiger partial charge in [-0.25, -0.2) is 9.59 Å². The Labute approximate surface area is 174 Å². The fourth-order valence-corrected chi connectivity index (χ4v) is 3.50. The van der Waals surface area contributed by atoms with Crippen LogP contribution in [0.5, 0.6) is 0 Å². The summed E-state index contributed by atoms with van der Waals surface area (Å²) in [6.45, 7) is 1.64. The topological polar surface area (TPSA) is 93.7 Å². The second-order valence-electron chi connectivity index (χ2n) is 6.83. The first-order valence-electron chi connectivity index (χ1n) is 9.53. The second-order valence-corrected chi connectivity index (χ2v) is 7.26. The zero-order valence-corrected chi connectivity index (χ0v) is 16.8. The van der Waals surface area contributed by atoms with Gasteiger partial charge in [0, 0.05) is 5.02 Å². The van der Waals surface area contributed by atoms with Crippen LogP contribution in [0.2, 0.25) is 5.02 Å². The fraction of sp³-hybridized carbons (Fsp3) is 0.381. The molecule has 2 N–H and O–H groups in total. The van der Waals surface area contributed by atoms with Crippen LogP contribution in [0.1, 0.15) is 37.8 Å². The van der Waals surface area contributed by atoms with Gasteiger partial charge in [0.15, 0.2) is 0 Å². The van der Waals surface area contributed by atoms with Crippen molar-refractivity contribution in [2.75, 3.05) is 13.2 Å². The zero-order chi connectivity index (χ0) is 20.8. The molecule has 2 atom stereocenters. The minimum absolute atomic E-state index is 0.171. The Morgan fingerprint density at radius 1 is 1.21 bits per heavy atom. The summed E-state index contributed by atoms with van der Waals surface area (Å²) in [5.41, 5.74) is 1.07. The third-order valence-corrected chi connectivity index (χ3v) is 5.02. The standard InChI is InChI=1S/C21H23ClN2O5/c1-2-28-20(26)18-16(12-29-17(25)11-13-5-3-4-6-13)23-21(27)24-19(18)14-7-9-15(22)10-8-14/h3,5,7-10,13,19H,2,4,6,11-12H2,1H3,(H2,23,24,27)/t13-,19-/m1/s1. The molecule has 2 amide bonds. The van der Waals surface area contributed by atoms with Crippen LogP contribution in [-0.4, -0.2) is 31.2 Å². The highest BCUT2D eigenvalue weighted by atomic mass is 35.5. The number of carbonyl (C=O) groups is 3. The lowest BCUT2D eigenvalue weighted by Crippen LogP contribution is -2.47. The lowest BCUT2D eigenvalue weighted by atomic mass is 9.95. The van der Waals surface area contributed by atoms with Crippen molar-refractivity contribution in [2.45, 2.75) is 32.2 Å². The number of urea groups is 1. The van der Waals surface area contributed by atoms with Crippen molar-refractivity contribution in [1.82, 2.24) is 10.6 Å². The molecule has 2 aliphatic rings. The van der Waals surface area contributed by atoms with Gasteiger partial charge in [-0.2, -0.15) is 0 Å². The van der Waals surface area contributed by atoms with Crippen LogP contribution < -0.4 is 10.6 Å². The smallest absolute Gasteiger partial charge is 0.338 e. The van der Waals surface area contributed by atoms with Gasteiger partial charge < -0.3 is 20.1 Å². The van der Waals surface area contributed by atoms with E-state index in [0.29, 0.717) is 10.6 Å². The highest BCUT2D eigenvalue weighted by molar-refractivity contribution is 6.30. The predicted molar refractivity (Wildman–Crippen MR) is 107 cm³/mol. The number of hydrogen-bond donors (Lipinski definition) is 2. The molecule has 1 aromatic rings. The van der Waals surface area contributed by atoms with Crippen molar-refractivity contribution in [3.63, 3.8) is 0 Å². The molecule has 1 aromatic carbocycles. The SMILES string of the molecule is CCOC(=O)C1=C(COC(=O)C[C@@H]2C=CCC2)NC(=O)N[C@@H]1c1ccc(Cl)cc1. The average Bonchev–Trinajstić information content (AvgIpc) is 3.19. The molecule has 1 aliphatic carbocycles. The van der Waals surface area contributed by atoms with E-state index in [1.54, 1.807) is 31.2 Å². The first-order chi connectivity index (χ1) is 14.0. The molecular weight excluding hydrogens is 396 g/mol. The Balaban J connectivity index is 1.83. The number of allylic oxidation sites excluding steroid dienone is 2. The normalized spacial score (nSPS) is 20.8. The maximum absolute atomic E-state index is 12.6. The number of esters is 2. The van der Waals surface area contributed by atoms with E-state index in [1.165, 1.54) is 0 Å². The van der Waals surface area contributed by atoms with Gasteiger partial charge in [0.2, 0.25) is 0 Å². The van der Waals surface area contributed by atoms with Crippen molar-refractivity contribution < 1.29 is 23.9 Å². The fourth-order valence-electron chi connectivity index (χ4n) is 3.38. The summed E-state index contributed by atoms with van der Waals surface area (Å²) in [6, 6.07) is 5.53. The molecule has 0 unspecified atom stereocenters. The maximum Gasteiger partial charge on any atom is 0.338 e. The van der Waals surface area contributed by atoms with Crippen LogP contribution in [0.4, 0.5) is 4.79 Å². The number of benzene rings is 1. The third-order valence-electron chi connectivity index (χ3n) is 4.77. The summed E-state index contributed by atoms with van der Waals surface area (Å²) in [4.78, 5) is 37.0. The molecule has 0 saturated heterocycles. The molecule has 8 heteroatoms. The van der Waals surface area contributed by atoms with Gasteiger partial charge >= 0.3 is 18.0 Å². The van der Waals surface area contributed by atoms with Crippen molar-refractivity contribution in [1.29, 1.82) is 0 Å². The molecule has 0 saturated carbocycles. The van der Waals surface area contributed by atoms with Crippen LogP contribution in [0.3, 0.4) is 0 Å². The largest absolute Gasteiger partial charge is 0.463 e. The first kappa shape index (κ1) is 20.9. The molecule has 0 spiro atoms. The van der Waals surface area contributed by atoms with Gasteiger partial charge in [-0.3, -0.25) is 4.79 Å². The Bertz CT molecular complexity index is 847. The molecule has 1 heterocycles. The predicted octanol–water partition coefficient (Wildman–Crippen LogP) is 3.41. The van der Waals surface area contributed by atoms with Gasteiger partial charge in [0.05, 0.1) is 30.3 Å². The number of amides is 2. The second kappa shape index (κ2) is 9.60. The zero-order valence-electron chi connectivity index (χ0n) is 16.1. The number of nitrogens with one attached hydrogen (secondary N) is 2. The Hall–Kier alpha value is -2.80. The van der Waals surface area contributed by atoms with Gasteiger partial charge in [-0.15, -0.1) is 0 Å². The summed E-state index contributed by atoms with van der Waals surface area (Å²) < 4.78 is 10.5. The minimum Gasteiger partial charge on any atom is -0.463 e. The molecule has 29 heavy (non-hydrogen) atoms. The van der Waals surface area contributed by atoms with Gasteiger partial charge in [0.25, 0.3) is 0 Å². The van der Waals surface area contributed by atoms with E-state index in [2.05, 4.69) is 10.6 Å². The Kier molecular flexibility index (Phi) is 6.93. The minimum atomic E-state index is -0.744. The third kappa shape index (κ3) is 5.38. The van der Waals surface area contributed by atoms with Gasteiger partial charge in [-0.1, -0.05) is 35.9 Å². The van der Waals surface area contributed by atoms with E-state index in [4.69, 9.17) is 21.1 Å². The number of rotatable bonds is 7. The summed E-state index contributed by atoms with van der Waals surface area (Å²) in [7, 11) is 0. The molecule has 0 bridgehead atoms. The molecule has 3 rings (SSSR count). The molecule has 0 radical (unpaired) electrons. The summed E-state index contributed by atoms with van der Waals surface area (Å²) in [5, 5.41) is 5.83. The maximum atomic E-state index is 12.6. The quantitative estimate of drug-likeness (QED) is 0.522. The van der Waals surface area contributed by atoms with Crippen LogP contribution in [0.15, 0.2) is 47.7 Å². The Morgan fingerprint density at radius 2 is 1.97 bits per heavy atom. The molecule has 0 fully saturated rings. The lowest BCUT2D eigenvalue weighted by Gasteiger charge is -2.29. The van der Waals surface area contributed by atoms with E-state index in [1.807, 2.05) is 12.2 Å². The van der Waals surface area contributed by atoms with Crippen molar-refractivity contribution in [2.24, 2.45) is 5.92 Å². The van der Waals surface area contributed by atoms with Crippen LogP contribution in [-0.2, 0) is 19.1 Å². The summed E-state index contributed by atoms with van der Waals surface area (Å²) in [6.07, 6.45) is 6.20. The number of halogens is 1.